The van der Waals surface area contributed by atoms with E-state index in [1.807, 2.05) is 38.1 Å². The topological polar surface area (TPSA) is 50.7 Å². The molecule has 0 bridgehead atoms. The lowest BCUT2D eigenvalue weighted by Gasteiger charge is -2.26. The first-order valence-electron chi connectivity index (χ1n) is 8.17. The van der Waals surface area contributed by atoms with Crippen LogP contribution < -0.4 is 5.32 Å². The van der Waals surface area contributed by atoms with Crippen LogP contribution in [0.15, 0.2) is 45.0 Å². The summed E-state index contributed by atoms with van der Waals surface area (Å²) in [4.78, 5) is 17.2. The van der Waals surface area contributed by atoms with Gasteiger partial charge >= 0.3 is 5.97 Å². The molecule has 0 fully saturated rings. The van der Waals surface area contributed by atoms with Gasteiger partial charge in [0, 0.05) is 15.9 Å². The average molecular weight is 411 g/mol. The number of amidine groups is 1. The quantitative estimate of drug-likeness (QED) is 0.539. The van der Waals surface area contributed by atoms with E-state index in [1.54, 1.807) is 11.8 Å². The van der Waals surface area contributed by atoms with E-state index in [2.05, 4.69) is 28.2 Å². The maximum absolute atomic E-state index is 12.4. The summed E-state index contributed by atoms with van der Waals surface area (Å²) in [6.45, 7) is 6.24. The molecule has 0 spiro atoms. The number of benzene rings is 1. The molecule has 1 aliphatic rings. The largest absolute Gasteiger partial charge is 0.463 e. The van der Waals surface area contributed by atoms with Crippen molar-refractivity contribution >= 4 is 38.8 Å². The van der Waals surface area contributed by atoms with Gasteiger partial charge in [-0.2, -0.15) is 0 Å². The van der Waals surface area contributed by atoms with Crippen LogP contribution in [0.1, 0.15) is 45.2 Å². The van der Waals surface area contributed by atoms with E-state index in [0.29, 0.717) is 12.2 Å². The van der Waals surface area contributed by atoms with E-state index < -0.39 is 0 Å². The van der Waals surface area contributed by atoms with Crippen molar-refractivity contribution in [3.8, 4) is 0 Å². The Labute approximate surface area is 156 Å². The molecular weight excluding hydrogens is 388 g/mol. The highest BCUT2D eigenvalue weighted by Gasteiger charge is 2.30. The first-order valence-corrected chi connectivity index (χ1v) is 9.95. The molecule has 6 heteroatoms. The highest BCUT2D eigenvalue weighted by Crippen LogP contribution is 2.34. The van der Waals surface area contributed by atoms with E-state index in [0.717, 1.165) is 39.5 Å². The monoisotopic (exact) mass is 410 g/mol. The number of ether oxygens (including phenoxy) is 1. The second-order valence-corrected chi connectivity index (χ2v) is 7.48. The number of unbranched alkanes of at least 4 members (excludes halogenated alkanes) is 1. The second-order valence-electron chi connectivity index (χ2n) is 5.48. The zero-order valence-corrected chi connectivity index (χ0v) is 16.7. The number of thioether (sulfide) groups is 1. The molecule has 1 aromatic rings. The van der Waals surface area contributed by atoms with Gasteiger partial charge in [0.2, 0.25) is 0 Å². The zero-order chi connectivity index (χ0) is 17.5. The Morgan fingerprint density at radius 1 is 1.42 bits per heavy atom. The van der Waals surface area contributed by atoms with E-state index in [4.69, 9.17) is 9.73 Å². The third kappa shape index (κ3) is 4.86. The standard InChI is InChI=1S/C18H23BrN2O2S/c1-4-6-10-24-18-20-12(3)15(17(22)23-5-2)16(21-18)13-8-7-9-14(19)11-13/h7-9,11,16H,4-6,10H2,1-3H3,(H,20,21)/t16-/m0/s1. The lowest BCUT2D eigenvalue weighted by molar-refractivity contribution is -0.138. The Balaban J connectivity index is 2.35. The molecule has 0 aliphatic carbocycles. The number of rotatable bonds is 6. The molecule has 0 aromatic heterocycles. The van der Waals surface area contributed by atoms with E-state index in [1.165, 1.54) is 0 Å². The Kier molecular flexibility index (Phi) is 7.37. The maximum Gasteiger partial charge on any atom is 0.338 e. The number of carbonyl (C=O) groups excluding carboxylic acids is 1. The van der Waals surface area contributed by atoms with Gasteiger partial charge in [-0.15, -0.1) is 0 Å². The molecule has 1 atom stereocenters. The van der Waals surface area contributed by atoms with Gasteiger partial charge in [-0.05, 0) is 38.0 Å². The smallest absolute Gasteiger partial charge is 0.338 e. The molecule has 1 N–H and O–H groups in total. The fraction of sp³-hybridized carbons (Fsp3) is 0.444. The molecule has 2 rings (SSSR count). The van der Waals surface area contributed by atoms with Gasteiger partial charge < -0.3 is 10.1 Å². The molecule has 0 unspecified atom stereocenters. The minimum absolute atomic E-state index is 0.311. The fourth-order valence-electron chi connectivity index (χ4n) is 2.42. The second kappa shape index (κ2) is 9.28. The Hall–Kier alpha value is -1.27. The Morgan fingerprint density at radius 3 is 2.88 bits per heavy atom. The highest BCUT2D eigenvalue weighted by atomic mass is 79.9. The first-order chi connectivity index (χ1) is 11.6. The van der Waals surface area contributed by atoms with E-state index >= 15 is 0 Å². The number of nitrogens with one attached hydrogen (secondary N) is 1. The van der Waals surface area contributed by atoms with Crippen LogP contribution in [0.3, 0.4) is 0 Å². The van der Waals surface area contributed by atoms with Gasteiger partial charge in [0.15, 0.2) is 5.17 Å². The van der Waals surface area contributed by atoms with Gasteiger partial charge in [0.05, 0.1) is 12.2 Å². The summed E-state index contributed by atoms with van der Waals surface area (Å²) in [6.07, 6.45) is 2.29. The van der Waals surface area contributed by atoms with Crippen LogP contribution in [0.25, 0.3) is 0 Å². The molecular formula is C18H23BrN2O2S. The van der Waals surface area contributed by atoms with Gasteiger partial charge in [-0.3, -0.25) is 0 Å². The third-order valence-corrected chi connectivity index (χ3v) is 5.08. The number of allylic oxidation sites excluding steroid dienone is 1. The van der Waals surface area contributed by atoms with Gasteiger partial charge in [-0.1, -0.05) is 53.2 Å². The summed E-state index contributed by atoms with van der Waals surface area (Å²) in [5.74, 6) is 0.698. The van der Waals surface area contributed by atoms with Crippen molar-refractivity contribution in [2.45, 2.75) is 39.7 Å². The molecule has 0 saturated heterocycles. The number of hydrogen-bond acceptors (Lipinski definition) is 5. The van der Waals surface area contributed by atoms with Crippen LogP contribution in [0, 0.1) is 0 Å². The molecule has 0 radical (unpaired) electrons. The van der Waals surface area contributed by atoms with Crippen molar-refractivity contribution in [1.82, 2.24) is 5.32 Å². The minimum atomic E-state index is -0.341. The van der Waals surface area contributed by atoms with Crippen molar-refractivity contribution in [2.24, 2.45) is 4.99 Å². The molecule has 0 amide bonds. The predicted molar refractivity (Wildman–Crippen MR) is 104 cm³/mol. The lowest BCUT2D eigenvalue weighted by Crippen LogP contribution is -2.30. The molecule has 1 aliphatic heterocycles. The van der Waals surface area contributed by atoms with Crippen LogP contribution in [-0.2, 0) is 9.53 Å². The first kappa shape index (κ1) is 19.1. The number of carbonyl (C=O) groups is 1. The summed E-state index contributed by atoms with van der Waals surface area (Å²) < 4.78 is 6.21. The van der Waals surface area contributed by atoms with Crippen molar-refractivity contribution in [3.05, 3.63) is 45.6 Å². The van der Waals surface area contributed by atoms with Crippen molar-refractivity contribution in [1.29, 1.82) is 0 Å². The predicted octanol–water partition coefficient (Wildman–Crippen LogP) is 4.82. The average Bonchev–Trinajstić information content (AvgIpc) is 2.54. The summed E-state index contributed by atoms with van der Waals surface area (Å²) >= 11 is 5.19. The summed E-state index contributed by atoms with van der Waals surface area (Å²) in [5.41, 5.74) is 2.36. The summed E-state index contributed by atoms with van der Waals surface area (Å²) in [5, 5.41) is 4.12. The summed E-state index contributed by atoms with van der Waals surface area (Å²) in [7, 11) is 0. The molecule has 130 valence electrons. The SMILES string of the molecule is CCCCSC1=N[C@@H](c2cccc(Br)c2)C(C(=O)OCC)=C(C)N1. The summed E-state index contributed by atoms with van der Waals surface area (Å²) in [6, 6.07) is 7.57. The fourth-order valence-corrected chi connectivity index (χ4v) is 3.87. The molecule has 1 heterocycles. The number of hydrogen-bond donors (Lipinski definition) is 1. The van der Waals surface area contributed by atoms with E-state index in [9.17, 15) is 4.79 Å². The van der Waals surface area contributed by atoms with Crippen molar-refractivity contribution in [3.63, 3.8) is 0 Å². The van der Waals surface area contributed by atoms with Crippen LogP contribution in [0.5, 0.6) is 0 Å². The van der Waals surface area contributed by atoms with Crippen LogP contribution in [-0.4, -0.2) is 23.5 Å². The van der Waals surface area contributed by atoms with Crippen molar-refractivity contribution in [2.75, 3.05) is 12.4 Å². The van der Waals surface area contributed by atoms with Crippen LogP contribution in [0.2, 0.25) is 0 Å². The van der Waals surface area contributed by atoms with Crippen LogP contribution >= 0.6 is 27.7 Å². The number of esters is 1. The molecule has 1 aromatic carbocycles. The molecule has 0 saturated carbocycles. The zero-order valence-electron chi connectivity index (χ0n) is 14.3. The maximum atomic E-state index is 12.4. The minimum Gasteiger partial charge on any atom is -0.463 e. The van der Waals surface area contributed by atoms with Gasteiger partial charge in [0.25, 0.3) is 0 Å². The van der Waals surface area contributed by atoms with Gasteiger partial charge in [0.1, 0.15) is 6.04 Å². The Morgan fingerprint density at radius 2 is 2.21 bits per heavy atom. The highest BCUT2D eigenvalue weighted by molar-refractivity contribution is 9.10. The number of nitrogens with zero attached hydrogens (tertiary/aromatic N) is 1. The van der Waals surface area contributed by atoms with E-state index in [-0.39, 0.29) is 12.0 Å². The third-order valence-electron chi connectivity index (χ3n) is 3.61. The number of aliphatic imine (C=N–C) groups is 1. The molecule has 24 heavy (non-hydrogen) atoms. The van der Waals surface area contributed by atoms with Gasteiger partial charge in [-0.25, -0.2) is 9.79 Å². The Bertz CT molecular complexity index is 658. The normalized spacial score (nSPS) is 17.3. The van der Waals surface area contributed by atoms with Crippen LogP contribution in [0.4, 0.5) is 0 Å². The lowest BCUT2D eigenvalue weighted by atomic mass is 9.97. The molecule has 4 nitrogen and oxygen atoms in total. The number of halogens is 1. The van der Waals surface area contributed by atoms with Crippen molar-refractivity contribution < 1.29 is 9.53 Å².